The summed E-state index contributed by atoms with van der Waals surface area (Å²) in [6.07, 6.45) is 3.43. The Morgan fingerprint density at radius 1 is 0.971 bits per heavy atom. The first kappa shape index (κ1) is 22.2. The minimum absolute atomic E-state index is 0.00400. The molecular weight excluding hydrogens is 465 g/mol. The highest BCUT2D eigenvalue weighted by Crippen LogP contribution is 2.35. The van der Waals surface area contributed by atoms with Crippen molar-refractivity contribution in [1.29, 1.82) is 0 Å². The van der Waals surface area contributed by atoms with Gasteiger partial charge < -0.3 is 20.0 Å². The Morgan fingerprint density at radius 2 is 1.77 bits per heavy atom. The number of thiazole rings is 1. The molecule has 2 fully saturated rings. The van der Waals surface area contributed by atoms with Gasteiger partial charge in [0.1, 0.15) is 5.82 Å². The van der Waals surface area contributed by atoms with E-state index in [9.17, 15) is 14.0 Å². The fourth-order valence-electron chi connectivity index (χ4n) is 5.23. The number of nitrogens with zero attached hydrogens (tertiary/aromatic N) is 4. The van der Waals surface area contributed by atoms with Gasteiger partial charge in [-0.3, -0.25) is 9.59 Å². The summed E-state index contributed by atoms with van der Waals surface area (Å²) in [6.45, 7) is 3.58. The third kappa shape index (κ3) is 4.30. The first-order valence-electron chi connectivity index (χ1n) is 12.0. The van der Waals surface area contributed by atoms with Crippen LogP contribution in [0.2, 0.25) is 0 Å². The molecule has 0 spiro atoms. The Labute approximate surface area is 207 Å². The van der Waals surface area contributed by atoms with Crippen LogP contribution in [0.5, 0.6) is 0 Å². The Kier molecular flexibility index (Phi) is 5.74. The van der Waals surface area contributed by atoms with Gasteiger partial charge in [0.05, 0.1) is 0 Å². The van der Waals surface area contributed by atoms with Gasteiger partial charge in [-0.05, 0) is 60.9 Å². The fraction of sp³-hybridized carbons (Fsp3) is 0.346. The number of hydrogen-bond acceptors (Lipinski definition) is 6. The number of rotatable bonds is 5. The first-order valence-corrected chi connectivity index (χ1v) is 12.8. The first-order chi connectivity index (χ1) is 17.0. The van der Waals surface area contributed by atoms with Gasteiger partial charge in [0, 0.05) is 73.3 Å². The second-order valence-corrected chi connectivity index (χ2v) is 10.3. The molecular formula is C26H26FN5O2S. The van der Waals surface area contributed by atoms with Crippen molar-refractivity contribution in [2.24, 2.45) is 0 Å². The number of hydrogen-bond donors (Lipinski definition) is 1. The van der Waals surface area contributed by atoms with Gasteiger partial charge in [-0.25, -0.2) is 9.37 Å². The topological polar surface area (TPSA) is 68.8 Å². The van der Waals surface area contributed by atoms with E-state index < -0.39 is 0 Å². The summed E-state index contributed by atoms with van der Waals surface area (Å²) in [5.41, 5.74) is 3.89. The Morgan fingerprint density at radius 3 is 2.54 bits per heavy atom. The average Bonchev–Trinajstić information content (AvgIpc) is 3.61. The van der Waals surface area contributed by atoms with Crippen molar-refractivity contribution < 1.29 is 14.0 Å². The van der Waals surface area contributed by atoms with Crippen LogP contribution in [0.1, 0.15) is 32.1 Å². The highest BCUT2D eigenvalue weighted by atomic mass is 32.1. The van der Waals surface area contributed by atoms with Crippen LogP contribution in [0.25, 0.3) is 0 Å². The number of fused-ring (bicyclic) bond motifs is 1. The molecule has 1 aromatic heterocycles. The molecule has 1 N–H and O–H groups in total. The molecule has 9 heteroatoms. The van der Waals surface area contributed by atoms with Crippen LogP contribution in [-0.4, -0.2) is 71.4 Å². The third-order valence-corrected chi connectivity index (χ3v) is 7.85. The zero-order valence-electron chi connectivity index (χ0n) is 19.2. The summed E-state index contributed by atoms with van der Waals surface area (Å²) in [4.78, 5) is 35.6. The second kappa shape index (κ2) is 9.05. The van der Waals surface area contributed by atoms with Crippen molar-refractivity contribution in [1.82, 2.24) is 20.1 Å². The smallest absolute Gasteiger partial charge is 0.282 e. The second-order valence-electron chi connectivity index (χ2n) is 9.37. The summed E-state index contributed by atoms with van der Waals surface area (Å²) in [6, 6.07) is 12.9. The summed E-state index contributed by atoms with van der Waals surface area (Å²) >= 11 is 1.37. The SMILES string of the molecule is O=C(c1ccc2c(c1)CCN2c1ccc(F)cc1)N1CC(NC2CCN(C(=O)c3nccs3)C2)C1. The number of halogens is 1. The van der Waals surface area contributed by atoms with Crippen LogP contribution >= 0.6 is 11.3 Å². The van der Waals surface area contributed by atoms with Gasteiger partial charge in [-0.2, -0.15) is 0 Å². The number of likely N-dealkylation sites (tertiary alicyclic amines) is 2. The normalized spacial score (nSPS) is 19.7. The molecule has 3 aromatic rings. The molecule has 7 nitrogen and oxygen atoms in total. The summed E-state index contributed by atoms with van der Waals surface area (Å²) in [7, 11) is 0. The van der Waals surface area contributed by atoms with Crippen LogP contribution in [0, 0.1) is 5.82 Å². The van der Waals surface area contributed by atoms with Crippen LogP contribution in [0.15, 0.2) is 54.0 Å². The van der Waals surface area contributed by atoms with E-state index in [1.807, 2.05) is 33.4 Å². The molecule has 4 heterocycles. The van der Waals surface area contributed by atoms with Gasteiger partial charge in [0.15, 0.2) is 5.01 Å². The monoisotopic (exact) mass is 491 g/mol. The zero-order chi connectivity index (χ0) is 23.9. The van der Waals surface area contributed by atoms with E-state index in [1.54, 1.807) is 18.3 Å². The molecule has 2 saturated heterocycles. The lowest BCUT2D eigenvalue weighted by molar-refractivity contribution is 0.0552. The zero-order valence-corrected chi connectivity index (χ0v) is 20.0. The van der Waals surface area contributed by atoms with Crippen LogP contribution in [0.3, 0.4) is 0 Å². The number of nitrogens with one attached hydrogen (secondary N) is 1. The molecule has 1 atom stereocenters. The number of carbonyl (C=O) groups excluding carboxylic acids is 2. The van der Waals surface area contributed by atoms with Crippen molar-refractivity contribution in [2.75, 3.05) is 37.6 Å². The van der Waals surface area contributed by atoms with Crippen LogP contribution in [0.4, 0.5) is 15.8 Å². The number of benzene rings is 2. The van der Waals surface area contributed by atoms with E-state index in [2.05, 4.69) is 15.2 Å². The van der Waals surface area contributed by atoms with Crippen molar-refractivity contribution in [3.05, 3.63) is 76.0 Å². The van der Waals surface area contributed by atoms with Crippen molar-refractivity contribution in [3.63, 3.8) is 0 Å². The Bertz CT molecular complexity index is 1240. The lowest BCUT2D eigenvalue weighted by Gasteiger charge is -2.41. The standard InChI is InChI=1S/C26H26FN5O2S/c27-19-2-4-22(5-3-19)32-11-7-17-13-18(1-6-23(17)32)25(33)31-15-21(16-31)29-20-8-10-30(14-20)26(34)24-28-9-12-35-24/h1-6,9,12-13,20-21,29H,7-8,10-11,14-16H2. The summed E-state index contributed by atoms with van der Waals surface area (Å²) in [5, 5.41) is 5.98. The van der Waals surface area contributed by atoms with E-state index in [4.69, 9.17) is 0 Å². The van der Waals surface area contributed by atoms with E-state index in [0.29, 0.717) is 30.2 Å². The molecule has 0 saturated carbocycles. The van der Waals surface area contributed by atoms with Crippen molar-refractivity contribution in [3.8, 4) is 0 Å². The molecule has 35 heavy (non-hydrogen) atoms. The molecule has 0 radical (unpaired) electrons. The number of anilines is 2. The maximum Gasteiger partial charge on any atom is 0.282 e. The van der Waals surface area contributed by atoms with Crippen molar-refractivity contribution >= 4 is 34.5 Å². The molecule has 3 aliphatic rings. The molecule has 2 aromatic carbocycles. The largest absolute Gasteiger partial charge is 0.341 e. The third-order valence-electron chi connectivity index (χ3n) is 7.09. The molecule has 0 bridgehead atoms. The maximum absolute atomic E-state index is 13.3. The fourth-order valence-corrected chi connectivity index (χ4v) is 5.84. The van der Waals surface area contributed by atoms with E-state index in [-0.39, 0.29) is 29.7 Å². The van der Waals surface area contributed by atoms with Gasteiger partial charge in [-0.15, -0.1) is 11.3 Å². The minimum atomic E-state index is -0.245. The van der Waals surface area contributed by atoms with E-state index in [0.717, 1.165) is 42.9 Å². The number of amides is 2. The molecule has 0 aliphatic carbocycles. The van der Waals surface area contributed by atoms with Gasteiger partial charge in [0.25, 0.3) is 11.8 Å². The van der Waals surface area contributed by atoms with Gasteiger partial charge in [-0.1, -0.05) is 0 Å². The quantitative estimate of drug-likeness (QED) is 0.593. The maximum atomic E-state index is 13.3. The molecule has 1 unspecified atom stereocenters. The van der Waals surface area contributed by atoms with Crippen molar-refractivity contribution in [2.45, 2.75) is 24.9 Å². The van der Waals surface area contributed by atoms with Crippen LogP contribution < -0.4 is 10.2 Å². The van der Waals surface area contributed by atoms with E-state index in [1.165, 1.54) is 23.5 Å². The number of carbonyl (C=O) groups is 2. The summed E-state index contributed by atoms with van der Waals surface area (Å²) < 4.78 is 13.3. The minimum Gasteiger partial charge on any atom is -0.341 e. The highest BCUT2D eigenvalue weighted by molar-refractivity contribution is 7.11. The van der Waals surface area contributed by atoms with E-state index >= 15 is 0 Å². The molecule has 180 valence electrons. The molecule has 2 amide bonds. The Hall–Kier alpha value is -3.30. The predicted molar refractivity (Wildman–Crippen MR) is 133 cm³/mol. The molecule has 3 aliphatic heterocycles. The van der Waals surface area contributed by atoms with Crippen LogP contribution in [-0.2, 0) is 6.42 Å². The van der Waals surface area contributed by atoms with Gasteiger partial charge >= 0.3 is 0 Å². The molecule has 6 rings (SSSR count). The number of aromatic nitrogens is 1. The predicted octanol–water partition coefficient (Wildman–Crippen LogP) is 3.31. The summed E-state index contributed by atoms with van der Waals surface area (Å²) in [5.74, 6) is -0.187. The lowest BCUT2D eigenvalue weighted by atomic mass is 10.0. The van der Waals surface area contributed by atoms with Gasteiger partial charge in [0.2, 0.25) is 0 Å². The average molecular weight is 492 g/mol. The Balaban J connectivity index is 1.02. The highest BCUT2D eigenvalue weighted by Gasteiger charge is 2.36. The lowest BCUT2D eigenvalue weighted by Crippen LogP contribution is -2.62.